The molecule has 0 aliphatic heterocycles. The lowest BCUT2D eigenvalue weighted by Crippen LogP contribution is -2.40. The number of ether oxygens (including phenoxy) is 1. The van der Waals surface area contributed by atoms with Gasteiger partial charge in [-0.15, -0.1) is 0 Å². The Labute approximate surface area is 111 Å². The van der Waals surface area contributed by atoms with E-state index in [-0.39, 0.29) is 18.4 Å². The molecule has 1 heterocycles. The highest BCUT2D eigenvalue weighted by molar-refractivity contribution is 5.96. The maximum absolute atomic E-state index is 11.7. The Kier molecular flexibility index (Phi) is 6.01. The van der Waals surface area contributed by atoms with Crippen molar-refractivity contribution in [3.63, 3.8) is 0 Å². The monoisotopic (exact) mass is 269 g/mol. The smallest absolute Gasteiger partial charge is 0.240 e. The van der Waals surface area contributed by atoms with Crippen molar-refractivity contribution in [3.8, 4) is 0 Å². The number of carbonyl (C=O) groups is 2. The highest BCUT2D eigenvalue weighted by Crippen LogP contribution is 2.13. The van der Waals surface area contributed by atoms with E-state index in [1.54, 1.807) is 20.1 Å². The minimum atomic E-state index is -0.264. The molecule has 7 heteroatoms. The van der Waals surface area contributed by atoms with Gasteiger partial charge in [0.1, 0.15) is 12.3 Å². The molecular weight excluding hydrogens is 250 g/mol. The quantitative estimate of drug-likeness (QED) is 0.728. The molecule has 1 rings (SSSR count). The van der Waals surface area contributed by atoms with Gasteiger partial charge in [-0.25, -0.2) is 0 Å². The molecule has 2 amide bonds. The highest BCUT2D eigenvalue weighted by atomic mass is 16.5. The van der Waals surface area contributed by atoms with Gasteiger partial charge in [0.25, 0.3) is 0 Å². The molecule has 0 aliphatic rings. The number of nitrogens with zero attached hydrogens (tertiary/aromatic N) is 2. The Morgan fingerprint density at radius 2 is 2.26 bits per heavy atom. The molecule has 1 N–H and O–H groups in total. The van der Waals surface area contributed by atoms with Crippen molar-refractivity contribution in [3.05, 3.63) is 11.8 Å². The van der Waals surface area contributed by atoms with Crippen LogP contribution in [0.15, 0.2) is 10.6 Å². The van der Waals surface area contributed by atoms with Crippen LogP contribution in [0.25, 0.3) is 0 Å². The second-order valence-electron chi connectivity index (χ2n) is 4.10. The molecule has 1 aromatic heterocycles. The number of hydrogen-bond acceptors (Lipinski definition) is 5. The average Bonchev–Trinajstić information content (AvgIpc) is 2.78. The predicted molar refractivity (Wildman–Crippen MR) is 68.8 cm³/mol. The summed E-state index contributed by atoms with van der Waals surface area (Å²) in [5.41, 5.74) is 0. The fourth-order valence-electron chi connectivity index (χ4n) is 1.48. The molecule has 7 nitrogen and oxygen atoms in total. The molecule has 0 unspecified atom stereocenters. The van der Waals surface area contributed by atoms with Crippen LogP contribution in [-0.2, 0) is 14.3 Å². The minimum absolute atomic E-state index is 0.0751. The van der Waals surface area contributed by atoms with Gasteiger partial charge in [-0.05, 0) is 13.3 Å². The Bertz CT molecular complexity index is 430. The van der Waals surface area contributed by atoms with Gasteiger partial charge < -0.3 is 14.6 Å². The van der Waals surface area contributed by atoms with E-state index in [1.165, 1.54) is 11.8 Å². The van der Waals surface area contributed by atoms with Gasteiger partial charge in [0.05, 0.1) is 0 Å². The van der Waals surface area contributed by atoms with E-state index < -0.39 is 0 Å². The summed E-state index contributed by atoms with van der Waals surface area (Å²) in [6, 6.07) is 1.61. The molecular formula is C12H19N3O4. The number of rotatable bonds is 7. The molecule has 0 fully saturated rings. The van der Waals surface area contributed by atoms with E-state index in [2.05, 4.69) is 10.5 Å². The van der Waals surface area contributed by atoms with Crippen LogP contribution in [0.1, 0.15) is 19.1 Å². The summed E-state index contributed by atoms with van der Waals surface area (Å²) in [7, 11) is 1.60. The highest BCUT2D eigenvalue weighted by Gasteiger charge is 2.18. The first kappa shape index (κ1) is 15.2. The number of aromatic nitrogens is 1. The van der Waals surface area contributed by atoms with Crippen LogP contribution in [0, 0.1) is 6.92 Å². The summed E-state index contributed by atoms with van der Waals surface area (Å²) in [5, 5.41) is 6.44. The second-order valence-corrected chi connectivity index (χ2v) is 4.10. The second kappa shape index (κ2) is 7.52. The van der Waals surface area contributed by atoms with Crippen LogP contribution in [0.2, 0.25) is 0 Å². The fourth-order valence-corrected chi connectivity index (χ4v) is 1.48. The minimum Gasteiger partial charge on any atom is -0.385 e. The van der Waals surface area contributed by atoms with Crippen molar-refractivity contribution in [1.29, 1.82) is 0 Å². The molecule has 0 bridgehead atoms. The zero-order valence-corrected chi connectivity index (χ0v) is 11.4. The molecule has 0 radical (unpaired) electrons. The van der Waals surface area contributed by atoms with Gasteiger partial charge >= 0.3 is 0 Å². The SMILES string of the molecule is COCCCNC(=O)CN(C(C)=O)c1cc(C)on1. The number of aryl methyl sites for hydroxylation is 1. The van der Waals surface area contributed by atoms with Crippen LogP contribution >= 0.6 is 0 Å². The maximum atomic E-state index is 11.7. The largest absolute Gasteiger partial charge is 0.385 e. The molecule has 0 aliphatic carbocycles. The predicted octanol–water partition coefficient (Wildman–Crippen LogP) is 0.489. The zero-order chi connectivity index (χ0) is 14.3. The molecule has 0 aromatic carbocycles. The number of amides is 2. The van der Waals surface area contributed by atoms with Crippen molar-refractivity contribution < 1.29 is 18.8 Å². The molecule has 0 saturated heterocycles. The number of hydrogen-bond donors (Lipinski definition) is 1. The Morgan fingerprint density at radius 1 is 1.53 bits per heavy atom. The standard InChI is InChI=1S/C12H19N3O4/c1-9-7-11(14-19-9)15(10(2)16)8-12(17)13-5-4-6-18-3/h7H,4-6,8H2,1-3H3,(H,13,17). The van der Waals surface area contributed by atoms with E-state index in [0.717, 1.165) is 6.42 Å². The van der Waals surface area contributed by atoms with Crippen molar-refractivity contribution in [2.45, 2.75) is 20.3 Å². The topological polar surface area (TPSA) is 84.7 Å². The van der Waals surface area contributed by atoms with Crippen LogP contribution in [0.4, 0.5) is 5.82 Å². The molecule has 1 aromatic rings. The van der Waals surface area contributed by atoms with Crippen LogP contribution in [0.3, 0.4) is 0 Å². The Hall–Kier alpha value is -1.89. The number of anilines is 1. The maximum Gasteiger partial charge on any atom is 0.240 e. The third-order valence-corrected chi connectivity index (χ3v) is 2.42. The summed E-state index contributed by atoms with van der Waals surface area (Å²) in [4.78, 5) is 24.5. The van der Waals surface area contributed by atoms with Crippen molar-refractivity contribution in [2.24, 2.45) is 0 Å². The summed E-state index contributed by atoms with van der Waals surface area (Å²) < 4.78 is 9.77. The first-order valence-electron chi connectivity index (χ1n) is 6.01. The number of nitrogens with one attached hydrogen (secondary N) is 1. The van der Waals surface area contributed by atoms with Crippen molar-refractivity contribution in [1.82, 2.24) is 10.5 Å². The normalized spacial score (nSPS) is 10.3. The molecule has 19 heavy (non-hydrogen) atoms. The van der Waals surface area contributed by atoms with Gasteiger partial charge in [-0.3, -0.25) is 14.5 Å². The van der Waals surface area contributed by atoms with E-state index >= 15 is 0 Å². The van der Waals surface area contributed by atoms with E-state index in [0.29, 0.717) is 24.7 Å². The molecule has 0 atom stereocenters. The Morgan fingerprint density at radius 3 is 2.79 bits per heavy atom. The number of methoxy groups -OCH3 is 1. The van der Waals surface area contributed by atoms with Gasteiger partial charge in [0, 0.05) is 33.3 Å². The molecule has 106 valence electrons. The first-order chi connectivity index (χ1) is 9.04. The van der Waals surface area contributed by atoms with Crippen LogP contribution < -0.4 is 10.2 Å². The Balaban J connectivity index is 2.50. The van der Waals surface area contributed by atoms with Crippen LogP contribution in [0.5, 0.6) is 0 Å². The van der Waals surface area contributed by atoms with Gasteiger partial charge in [0.2, 0.25) is 11.8 Å². The summed E-state index contributed by atoms with van der Waals surface area (Å²) in [6.45, 7) is 4.12. The van der Waals surface area contributed by atoms with E-state index in [4.69, 9.17) is 9.26 Å². The van der Waals surface area contributed by atoms with Gasteiger partial charge in [-0.1, -0.05) is 5.16 Å². The van der Waals surface area contributed by atoms with Crippen LogP contribution in [-0.4, -0.2) is 43.8 Å². The molecule has 0 saturated carbocycles. The summed E-state index contributed by atoms with van der Waals surface area (Å²) in [6.07, 6.45) is 0.728. The first-order valence-corrected chi connectivity index (χ1v) is 6.01. The average molecular weight is 269 g/mol. The zero-order valence-electron chi connectivity index (χ0n) is 11.4. The van der Waals surface area contributed by atoms with Crippen molar-refractivity contribution in [2.75, 3.05) is 31.7 Å². The lowest BCUT2D eigenvalue weighted by atomic mass is 10.4. The van der Waals surface area contributed by atoms with Gasteiger partial charge in [-0.2, -0.15) is 0 Å². The summed E-state index contributed by atoms with van der Waals surface area (Å²) in [5.74, 6) is 0.422. The molecule has 0 spiro atoms. The lowest BCUT2D eigenvalue weighted by molar-refractivity contribution is -0.123. The van der Waals surface area contributed by atoms with E-state index in [1.807, 2.05) is 0 Å². The number of carbonyl (C=O) groups excluding carboxylic acids is 2. The fraction of sp³-hybridized carbons (Fsp3) is 0.583. The van der Waals surface area contributed by atoms with Gasteiger partial charge in [0.15, 0.2) is 5.82 Å². The third kappa shape index (κ3) is 5.09. The van der Waals surface area contributed by atoms with E-state index in [9.17, 15) is 9.59 Å². The lowest BCUT2D eigenvalue weighted by Gasteiger charge is -2.17. The van der Waals surface area contributed by atoms with Crippen molar-refractivity contribution >= 4 is 17.6 Å². The third-order valence-electron chi connectivity index (χ3n) is 2.42. The summed E-state index contributed by atoms with van der Waals surface area (Å²) >= 11 is 0.